The molecule has 5 heteroatoms. The van der Waals surface area contributed by atoms with Crippen molar-refractivity contribution in [1.29, 1.82) is 0 Å². The van der Waals surface area contributed by atoms with Crippen molar-refractivity contribution in [2.75, 3.05) is 6.54 Å². The minimum absolute atomic E-state index is 0.140. The highest BCUT2D eigenvalue weighted by Gasteiger charge is 2.14. The van der Waals surface area contributed by atoms with Crippen molar-refractivity contribution < 1.29 is 4.92 Å². The Morgan fingerprint density at radius 2 is 2.22 bits per heavy atom. The lowest BCUT2D eigenvalue weighted by atomic mass is 10.1. The van der Waals surface area contributed by atoms with E-state index in [1.54, 1.807) is 6.07 Å². The first-order valence-corrected chi connectivity index (χ1v) is 7.00. The SMILES string of the molecule is CCCNC(C)CCc1cccc([N+](=O)[O-])c1Br. The van der Waals surface area contributed by atoms with Gasteiger partial charge in [0.1, 0.15) is 0 Å². The fraction of sp³-hybridized carbons (Fsp3) is 0.538. The van der Waals surface area contributed by atoms with Crippen molar-refractivity contribution in [3.63, 3.8) is 0 Å². The van der Waals surface area contributed by atoms with Gasteiger partial charge in [0.25, 0.3) is 5.69 Å². The molecule has 0 aliphatic carbocycles. The summed E-state index contributed by atoms with van der Waals surface area (Å²) < 4.78 is 0.609. The molecule has 0 fully saturated rings. The fourth-order valence-electron chi connectivity index (χ4n) is 1.77. The maximum absolute atomic E-state index is 10.8. The largest absolute Gasteiger partial charge is 0.314 e. The standard InChI is InChI=1S/C13H19BrN2O2/c1-3-9-15-10(2)7-8-11-5-4-6-12(13(11)14)16(17)18/h4-6,10,15H,3,7-9H2,1-2H3. The highest BCUT2D eigenvalue weighted by atomic mass is 79.9. The van der Waals surface area contributed by atoms with Crippen LogP contribution in [0.1, 0.15) is 32.3 Å². The zero-order valence-electron chi connectivity index (χ0n) is 10.8. The number of halogens is 1. The molecule has 1 aromatic carbocycles. The Bertz CT molecular complexity index is 410. The zero-order chi connectivity index (χ0) is 13.5. The van der Waals surface area contributed by atoms with Crippen molar-refractivity contribution in [1.82, 2.24) is 5.32 Å². The molecule has 0 heterocycles. The highest BCUT2D eigenvalue weighted by molar-refractivity contribution is 9.10. The van der Waals surface area contributed by atoms with Crippen molar-refractivity contribution in [3.05, 3.63) is 38.3 Å². The van der Waals surface area contributed by atoms with Crippen LogP contribution in [-0.4, -0.2) is 17.5 Å². The molecule has 0 amide bonds. The van der Waals surface area contributed by atoms with Gasteiger partial charge >= 0.3 is 0 Å². The molecule has 0 saturated carbocycles. The van der Waals surface area contributed by atoms with Crippen LogP contribution in [0, 0.1) is 10.1 Å². The first kappa shape index (κ1) is 15.1. The molecule has 1 N–H and O–H groups in total. The van der Waals surface area contributed by atoms with Gasteiger partial charge in [-0.2, -0.15) is 0 Å². The van der Waals surface area contributed by atoms with E-state index in [2.05, 4.69) is 35.1 Å². The van der Waals surface area contributed by atoms with Crippen LogP contribution in [-0.2, 0) is 6.42 Å². The topological polar surface area (TPSA) is 55.2 Å². The van der Waals surface area contributed by atoms with E-state index in [4.69, 9.17) is 0 Å². The van der Waals surface area contributed by atoms with Crippen LogP contribution in [0.15, 0.2) is 22.7 Å². The summed E-state index contributed by atoms with van der Waals surface area (Å²) in [6, 6.07) is 5.62. The van der Waals surface area contributed by atoms with E-state index in [9.17, 15) is 10.1 Å². The summed E-state index contributed by atoms with van der Waals surface area (Å²) in [5.74, 6) is 0. The molecule has 1 atom stereocenters. The summed E-state index contributed by atoms with van der Waals surface area (Å²) in [4.78, 5) is 10.5. The monoisotopic (exact) mass is 314 g/mol. The number of nitrogens with one attached hydrogen (secondary N) is 1. The molecule has 18 heavy (non-hydrogen) atoms. The number of aryl methyl sites for hydroxylation is 1. The third-order valence-corrected chi connectivity index (χ3v) is 3.76. The summed E-state index contributed by atoms with van der Waals surface area (Å²) in [5.41, 5.74) is 1.14. The van der Waals surface area contributed by atoms with Crippen LogP contribution in [0.4, 0.5) is 5.69 Å². The van der Waals surface area contributed by atoms with Crippen LogP contribution >= 0.6 is 15.9 Å². The molecule has 0 aliphatic rings. The quantitative estimate of drug-likeness (QED) is 0.617. The molecule has 100 valence electrons. The van der Waals surface area contributed by atoms with Crippen LogP contribution in [0.5, 0.6) is 0 Å². The van der Waals surface area contributed by atoms with Gasteiger partial charge in [-0.05, 0) is 54.2 Å². The van der Waals surface area contributed by atoms with Gasteiger partial charge in [0.05, 0.1) is 9.40 Å². The minimum Gasteiger partial charge on any atom is -0.314 e. The van der Waals surface area contributed by atoms with Crippen LogP contribution in [0.2, 0.25) is 0 Å². The molecule has 0 aliphatic heterocycles. The molecule has 0 aromatic heterocycles. The van der Waals surface area contributed by atoms with Gasteiger partial charge in [0, 0.05) is 12.1 Å². The van der Waals surface area contributed by atoms with E-state index in [0.29, 0.717) is 10.5 Å². The molecule has 0 spiro atoms. The van der Waals surface area contributed by atoms with Gasteiger partial charge in [0.15, 0.2) is 0 Å². The number of hydrogen-bond donors (Lipinski definition) is 1. The van der Waals surface area contributed by atoms with E-state index in [1.807, 2.05) is 6.07 Å². The second-order valence-corrected chi connectivity index (χ2v) is 5.19. The molecular formula is C13H19BrN2O2. The van der Waals surface area contributed by atoms with Crippen molar-refractivity contribution >= 4 is 21.6 Å². The number of nitrogens with zero attached hydrogens (tertiary/aromatic N) is 1. The van der Waals surface area contributed by atoms with Gasteiger partial charge in [-0.25, -0.2) is 0 Å². The predicted octanol–water partition coefficient (Wildman–Crippen LogP) is 3.68. The van der Waals surface area contributed by atoms with Crippen LogP contribution in [0.3, 0.4) is 0 Å². The Hall–Kier alpha value is -0.940. The first-order valence-electron chi connectivity index (χ1n) is 6.21. The first-order chi connectivity index (χ1) is 8.56. The normalized spacial score (nSPS) is 12.4. The van der Waals surface area contributed by atoms with E-state index in [1.165, 1.54) is 6.07 Å². The van der Waals surface area contributed by atoms with Crippen LogP contribution < -0.4 is 5.32 Å². The number of benzene rings is 1. The van der Waals surface area contributed by atoms with Crippen molar-refractivity contribution in [2.45, 2.75) is 39.2 Å². The van der Waals surface area contributed by atoms with Crippen molar-refractivity contribution in [3.8, 4) is 0 Å². The average Bonchev–Trinajstić information content (AvgIpc) is 2.34. The summed E-state index contributed by atoms with van der Waals surface area (Å²) >= 11 is 3.32. The number of hydrogen-bond acceptors (Lipinski definition) is 3. The summed E-state index contributed by atoms with van der Waals surface area (Å²) in [6.07, 6.45) is 2.92. The summed E-state index contributed by atoms with van der Waals surface area (Å²) in [6.45, 7) is 5.29. The molecule has 1 aromatic rings. The number of nitro groups is 1. The van der Waals surface area contributed by atoms with E-state index >= 15 is 0 Å². The summed E-state index contributed by atoms with van der Waals surface area (Å²) in [7, 11) is 0. The van der Waals surface area contributed by atoms with Gasteiger partial charge in [-0.15, -0.1) is 0 Å². The van der Waals surface area contributed by atoms with Crippen LogP contribution in [0.25, 0.3) is 0 Å². The maximum atomic E-state index is 10.8. The van der Waals surface area contributed by atoms with E-state index in [-0.39, 0.29) is 10.6 Å². The Morgan fingerprint density at radius 1 is 1.50 bits per heavy atom. The second kappa shape index (κ2) is 7.48. The maximum Gasteiger partial charge on any atom is 0.283 e. The van der Waals surface area contributed by atoms with Gasteiger partial charge < -0.3 is 5.32 Å². The third kappa shape index (κ3) is 4.38. The molecule has 1 unspecified atom stereocenters. The number of rotatable bonds is 7. The average molecular weight is 315 g/mol. The molecule has 1 rings (SSSR count). The Labute approximate surface area is 116 Å². The van der Waals surface area contributed by atoms with E-state index < -0.39 is 0 Å². The van der Waals surface area contributed by atoms with Gasteiger partial charge in [-0.3, -0.25) is 10.1 Å². The molecule has 0 saturated heterocycles. The smallest absolute Gasteiger partial charge is 0.283 e. The summed E-state index contributed by atoms with van der Waals surface area (Å²) in [5, 5.41) is 14.2. The Balaban J connectivity index is 2.62. The van der Waals surface area contributed by atoms with Gasteiger partial charge in [-0.1, -0.05) is 19.1 Å². The zero-order valence-corrected chi connectivity index (χ0v) is 12.4. The molecular weight excluding hydrogens is 296 g/mol. The molecule has 4 nitrogen and oxygen atoms in total. The number of nitro benzene ring substituents is 1. The van der Waals surface area contributed by atoms with Crippen molar-refractivity contribution in [2.24, 2.45) is 0 Å². The van der Waals surface area contributed by atoms with Gasteiger partial charge in [0.2, 0.25) is 0 Å². The molecule has 0 radical (unpaired) electrons. The lowest BCUT2D eigenvalue weighted by Crippen LogP contribution is -2.27. The third-order valence-electron chi connectivity index (χ3n) is 2.84. The Morgan fingerprint density at radius 3 is 2.83 bits per heavy atom. The second-order valence-electron chi connectivity index (χ2n) is 4.40. The Kier molecular flexibility index (Phi) is 6.29. The lowest BCUT2D eigenvalue weighted by molar-refractivity contribution is -0.385. The lowest BCUT2D eigenvalue weighted by Gasteiger charge is -2.13. The predicted molar refractivity (Wildman–Crippen MR) is 76.9 cm³/mol. The molecule has 0 bridgehead atoms. The van der Waals surface area contributed by atoms with E-state index in [0.717, 1.165) is 31.4 Å². The fourth-order valence-corrected chi connectivity index (χ4v) is 2.37. The minimum atomic E-state index is -0.355. The highest BCUT2D eigenvalue weighted by Crippen LogP contribution is 2.29.